The van der Waals surface area contributed by atoms with Crippen molar-refractivity contribution in [3.8, 4) is 0 Å². The summed E-state index contributed by atoms with van der Waals surface area (Å²) in [5.41, 5.74) is 0. The van der Waals surface area contributed by atoms with Gasteiger partial charge in [-0.2, -0.15) is 0 Å². The number of hydrogen-bond acceptors (Lipinski definition) is 2. The molecule has 0 fully saturated rings. The largest absolute Gasteiger partial charge is 0.453 e. The zero-order chi connectivity index (χ0) is 7.33. The highest BCUT2D eigenvalue weighted by Gasteiger charge is 2.17. The molecule has 2 nitrogen and oxygen atoms in total. The number of nitrogens with one attached hydrogen (secondary N) is 1. The summed E-state index contributed by atoms with van der Waals surface area (Å²) in [5, 5.41) is 0. The molecule has 0 bridgehead atoms. The molecule has 4 heteroatoms. The molecule has 0 aliphatic rings. The Hall–Kier alpha value is 0.354. The van der Waals surface area contributed by atoms with Gasteiger partial charge in [0.2, 0.25) is 0 Å². The molecular weight excluding hydrogens is 146 g/mol. The van der Waals surface area contributed by atoms with E-state index in [9.17, 15) is 0 Å². The standard InChI is InChI=1S/C5H16NOSi2/c1-4-5-6-9(2,3)7-8/h6H,1,4-5H2,2-3,8H3. The Morgan fingerprint density at radius 3 is 2.56 bits per heavy atom. The topological polar surface area (TPSA) is 21.3 Å². The average Bonchev–Trinajstić information content (AvgIpc) is 1.84. The molecule has 0 rings (SSSR count). The van der Waals surface area contributed by atoms with Gasteiger partial charge in [-0.15, -0.1) is 0 Å². The van der Waals surface area contributed by atoms with Gasteiger partial charge >= 0.3 is 0 Å². The van der Waals surface area contributed by atoms with Crippen molar-refractivity contribution in [1.82, 2.24) is 4.98 Å². The molecule has 0 aromatic carbocycles. The monoisotopic (exact) mass is 162 g/mol. The summed E-state index contributed by atoms with van der Waals surface area (Å²) in [6, 6.07) is 0. The van der Waals surface area contributed by atoms with Crippen molar-refractivity contribution < 1.29 is 4.12 Å². The quantitative estimate of drug-likeness (QED) is 0.578. The molecule has 0 heterocycles. The van der Waals surface area contributed by atoms with Crippen LogP contribution in [0.5, 0.6) is 0 Å². The van der Waals surface area contributed by atoms with Crippen molar-refractivity contribution >= 4 is 19.0 Å². The minimum absolute atomic E-state index is 0.843. The fourth-order valence-electron chi connectivity index (χ4n) is 0.462. The van der Waals surface area contributed by atoms with Crippen molar-refractivity contribution in [3.05, 3.63) is 6.92 Å². The molecule has 0 spiro atoms. The van der Waals surface area contributed by atoms with E-state index >= 15 is 0 Å². The van der Waals surface area contributed by atoms with Crippen molar-refractivity contribution in [2.45, 2.75) is 19.5 Å². The van der Waals surface area contributed by atoms with Gasteiger partial charge in [-0.1, -0.05) is 6.92 Å². The van der Waals surface area contributed by atoms with Crippen LogP contribution in [-0.4, -0.2) is 25.5 Å². The summed E-state index contributed by atoms with van der Waals surface area (Å²) in [4.78, 5) is 3.35. The Labute approximate surface area is 61.7 Å². The van der Waals surface area contributed by atoms with Crippen LogP contribution in [0.1, 0.15) is 6.42 Å². The van der Waals surface area contributed by atoms with E-state index in [1.807, 2.05) is 0 Å². The van der Waals surface area contributed by atoms with E-state index in [0.717, 1.165) is 23.5 Å². The van der Waals surface area contributed by atoms with E-state index in [0.29, 0.717) is 0 Å². The molecule has 0 saturated heterocycles. The molecule has 55 valence electrons. The van der Waals surface area contributed by atoms with Gasteiger partial charge in [0.15, 0.2) is 0 Å². The highest BCUT2D eigenvalue weighted by atomic mass is 28.4. The van der Waals surface area contributed by atoms with Gasteiger partial charge in [0, 0.05) is 0 Å². The Bertz CT molecular complexity index is 77.4. The Balaban J connectivity index is 3.33. The van der Waals surface area contributed by atoms with E-state index < -0.39 is 8.48 Å². The second-order valence-electron chi connectivity index (χ2n) is 2.49. The van der Waals surface area contributed by atoms with Crippen LogP contribution in [0.4, 0.5) is 0 Å². The van der Waals surface area contributed by atoms with Gasteiger partial charge in [-0.25, -0.2) is 0 Å². The van der Waals surface area contributed by atoms with Gasteiger partial charge in [-0.05, 0) is 26.1 Å². The maximum Gasteiger partial charge on any atom is 0.251 e. The highest BCUT2D eigenvalue weighted by Crippen LogP contribution is 1.94. The lowest BCUT2D eigenvalue weighted by molar-refractivity contribution is 0.578. The zero-order valence-corrected chi connectivity index (χ0v) is 9.53. The molecular formula is C5H16NOSi2. The van der Waals surface area contributed by atoms with Crippen molar-refractivity contribution in [2.75, 3.05) is 6.54 Å². The first-order valence-electron chi connectivity index (χ1n) is 3.22. The molecule has 0 aromatic rings. The fraction of sp³-hybridized carbons (Fsp3) is 0.800. The molecule has 1 N–H and O–H groups in total. The van der Waals surface area contributed by atoms with Gasteiger partial charge in [0.25, 0.3) is 8.48 Å². The molecule has 9 heavy (non-hydrogen) atoms. The SMILES string of the molecule is [CH2]CCN[Si](C)(C)O[SiH3]. The second kappa shape index (κ2) is 4.21. The molecule has 0 aliphatic heterocycles. The smallest absolute Gasteiger partial charge is 0.251 e. The highest BCUT2D eigenvalue weighted by molar-refractivity contribution is 6.71. The van der Waals surface area contributed by atoms with Crippen LogP contribution in [0, 0.1) is 6.92 Å². The molecule has 1 radical (unpaired) electrons. The predicted molar refractivity (Wildman–Crippen MR) is 46.5 cm³/mol. The maximum absolute atomic E-state index is 5.38. The van der Waals surface area contributed by atoms with Crippen molar-refractivity contribution in [2.24, 2.45) is 0 Å². The molecule has 0 saturated carbocycles. The molecule has 0 aliphatic carbocycles. The lowest BCUT2D eigenvalue weighted by atomic mass is 10.5. The summed E-state index contributed by atoms with van der Waals surface area (Å²) < 4.78 is 5.38. The third kappa shape index (κ3) is 4.83. The fourth-order valence-corrected chi connectivity index (χ4v) is 1.82. The average molecular weight is 162 g/mol. The number of hydrogen-bond donors (Lipinski definition) is 1. The minimum atomic E-state index is -1.43. The van der Waals surface area contributed by atoms with Crippen LogP contribution >= 0.6 is 0 Å². The van der Waals surface area contributed by atoms with E-state index in [1.54, 1.807) is 0 Å². The minimum Gasteiger partial charge on any atom is -0.453 e. The summed E-state index contributed by atoms with van der Waals surface area (Å²) in [5.74, 6) is 0. The molecule has 0 amide bonds. The van der Waals surface area contributed by atoms with E-state index in [1.165, 1.54) is 0 Å². The summed E-state index contributed by atoms with van der Waals surface area (Å²) in [7, 11) is -0.584. The van der Waals surface area contributed by atoms with E-state index in [-0.39, 0.29) is 0 Å². The summed E-state index contributed by atoms with van der Waals surface area (Å²) >= 11 is 0. The van der Waals surface area contributed by atoms with Crippen LogP contribution in [-0.2, 0) is 4.12 Å². The van der Waals surface area contributed by atoms with Crippen LogP contribution < -0.4 is 4.98 Å². The van der Waals surface area contributed by atoms with Crippen LogP contribution in [0.2, 0.25) is 13.1 Å². The Morgan fingerprint density at radius 1 is 1.67 bits per heavy atom. The normalized spacial score (nSPS) is 12.3. The van der Waals surface area contributed by atoms with Crippen LogP contribution in [0.3, 0.4) is 0 Å². The van der Waals surface area contributed by atoms with Gasteiger partial charge in [0.05, 0.1) is 0 Å². The summed E-state index contributed by atoms with van der Waals surface area (Å²) in [6.45, 7) is 9.05. The Morgan fingerprint density at radius 2 is 2.22 bits per heavy atom. The third-order valence-electron chi connectivity index (χ3n) is 1.24. The van der Waals surface area contributed by atoms with Crippen molar-refractivity contribution in [1.29, 1.82) is 0 Å². The zero-order valence-electron chi connectivity index (χ0n) is 6.53. The maximum atomic E-state index is 5.38. The second-order valence-corrected chi connectivity index (χ2v) is 7.50. The van der Waals surface area contributed by atoms with Gasteiger partial charge in [-0.3, -0.25) is 0 Å². The van der Waals surface area contributed by atoms with Crippen LogP contribution in [0.25, 0.3) is 0 Å². The molecule has 0 atom stereocenters. The molecule has 0 unspecified atom stereocenters. The Kier molecular flexibility index (Phi) is 4.38. The lowest BCUT2D eigenvalue weighted by Gasteiger charge is -2.21. The third-order valence-corrected chi connectivity index (χ3v) is 6.42. The lowest BCUT2D eigenvalue weighted by Crippen LogP contribution is -2.47. The summed E-state index contributed by atoms with van der Waals surface area (Å²) in [6.07, 6.45) is 0.946. The van der Waals surface area contributed by atoms with Crippen molar-refractivity contribution in [3.63, 3.8) is 0 Å². The number of rotatable bonds is 4. The molecule has 0 aromatic heterocycles. The van der Waals surface area contributed by atoms with E-state index in [2.05, 4.69) is 25.0 Å². The van der Waals surface area contributed by atoms with Gasteiger partial charge < -0.3 is 9.10 Å². The van der Waals surface area contributed by atoms with Crippen LogP contribution in [0.15, 0.2) is 0 Å². The van der Waals surface area contributed by atoms with E-state index in [4.69, 9.17) is 4.12 Å². The predicted octanol–water partition coefficient (Wildman–Crippen LogP) is -0.201. The first kappa shape index (κ1) is 9.35. The first-order chi connectivity index (χ1) is 4.12. The van der Waals surface area contributed by atoms with Gasteiger partial charge in [0.1, 0.15) is 10.5 Å². The first-order valence-corrected chi connectivity index (χ1v) is 6.94.